The highest BCUT2D eigenvalue weighted by Crippen LogP contribution is 2.30. The van der Waals surface area contributed by atoms with Crippen molar-refractivity contribution in [1.82, 2.24) is 0 Å². The Labute approximate surface area is 110 Å². The van der Waals surface area contributed by atoms with E-state index in [1.165, 1.54) is 0 Å². The number of carbonyl (C=O) groups excluding carboxylic acids is 2. The first-order valence-corrected chi connectivity index (χ1v) is 6.21. The first kappa shape index (κ1) is 12.9. The number of hydrogen-bond acceptors (Lipinski definition) is 3. The van der Waals surface area contributed by atoms with Crippen molar-refractivity contribution in [2.45, 2.75) is 25.9 Å². The second-order valence-corrected chi connectivity index (χ2v) is 4.73. The number of benzene rings is 1. The predicted octanol–water partition coefficient (Wildman–Crippen LogP) is 2.62. The molecule has 1 unspecified atom stereocenters. The molecule has 1 atom stereocenters. The van der Waals surface area contributed by atoms with E-state index in [1.807, 2.05) is 0 Å². The maximum absolute atomic E-state index is 11.8. The van der Waals surface area contributed by atoms with Crippen LogP contribution in [-0.2, 0) is 14.3 Å². The summed E-state index contributed by atoms with van der Waals surface area (Å²) in [7, 11) is 0. The van der Waals surface area contributed by atoms with E-state index in [4.69, 9.17) is 16.3 Å². The average molecular weight is 268 g/mol. The molecule has 0 radical (unpaired) electrons. The number of nitrogens with one attached hydrogen (secondary N) is 1. The van der Waals surface area contributed by atoms with Crippen molar-refractivity contribution in [3.8, 4) is 0 Å². The molecule has 1 amide bonds. The highest BCUT2D eigenvalue weighted by atomic mass is 35.5. The molecule has 1 fully saturated rings. The molecule has 0 bridgehead atoms. The van der Waals surface area contributed by atoms with Gasteiger partial charge in [0.25, 0.3) is 5.91 Å². The first-order valence-electron chi connectivity index (χ1n) is 5.84. The molecule has 0 aromatic heterocycles. The van der Waals surface area contributed by atoms with E-state index in [9.17, 15) is 9.59 Å². The van der Waals surface area contributed by atoms with Crippen LogP contribution in [0.1, 0.15) is 19.8 Å². The number of para-hydroxylation sites is 1. The molecule has 0 saturated heterocycles. The Morgan fingerprint density at radius 1 is 1.39 bits per heavy atom. The van der Waals surface area contributed by atoms with E-state index in [1.54, 1.807) is 31.2 Å². The second kappa shape index (κ2) is 5.40. The number of rotatable bonds is 4. The minimum absolute atomic E-state index is 0.0134. The van der Waals surface area contributed by atoms with Gasteiger partial charge in [0, 0.05) is 0 Å². The van der Waals surface area contributed by atoms with Gasteiger partial charge in [0.05, 0.1) is 16.6 Å². The molecule has 0 heterocycles. The predicted molar refractivity (Wildman–Crippen MR) is 68.4 cm³/mol. The molecule has 1 N–H and O–H groups in total. The van der Waals surface area contributed by atoms with Crippen molar-refractivity contribution >= 4 is 29.2 Å². The third-order valence-corrected chi connectivity index (χ3v) is 3.03. The van der Waals surface area contributed by atoms with Gasteiger partial charge in [0.1, 0.15) is 0 Å². The highest BCUT2D eigenvalue weighted by molar-refractivity contribution is 6.33. The molecule has 0 spiro atoms. The van der Waals surface area contributed by atoms with Crippen molar-refractivity contribution in [3.63, 3.8) is 0 Å². The zero-order valence-electron chi connectivity index (χ0n) is 9.98. The summed E-state index contributed by atoms with van der Waals surface area (Å²) in [6, 6.07) is 6.91. The smallest absolute Gasteiger partial charge is 0.309 e. The molecule has 4 nitrogen and oxygen atoms in total. The van der Waals surface area contributed by atoms with Crippen molar-refractivity contribution in [2.24, 2.45) is 5.92 Å². The topological polar surface area (TPSA) is 55.4 Å². The van der Waals surface area contributed by atoms with Crippen LogP contribution in [-0.4, -0.2) is 18.0 Å². The molecular weight excluding hydrogens is 254 g/mol. The number of amides is 1. The Balaban J connectivity index is 1.90. The van der Waals surface area contributed by atoms with Gasteiger partial charge >= 0.3 is 5.97 Å². The lowest BCUT2D eigenvalue weighted by atomic mass is 10.3. The van der Waals surface area contributed by atoms with E-state index in [-0.39, 0.29) is 17.8 Å². The van der Waals surface area contributed by atoms with Gasteiger partial charge in [-0.2, -0.15) is 0 Å². The Hall–Kier alpha value is -1.55. The summed E-state index contributed by atoms with van der Waals surface area (Å²) in [6.07, 6.45) is 0.907. The Bertz CT molecular complexity index is 471. The third-order valence-electron chi connectivity index (χ3n) is 2.70. The number of hydrogen-bond donors (Lipinski definition) is 1. The molecule has 1 aromatic rings. The van der Waals surface area contributed by atoms with Crippen LogP contribution >= 0.6 is 11.6 Å². The Kier molecular flexibility index (Phi) is 3.87. The van der Waals surface area contributed by atoms with Crippen LogP contribution in [0.15, 0.2) is 24.3 Å². The SMILES string of the molecule is CC(OC(=O)C1CC1)C(=O)Nc1ccccc1Cl. The molecule has 0 aliphatic heterocycles. The molecule has 96 valence electrons. The summed E-state index contributed by atoms with van der Waals surface area (Å²) >= 11 is 5.92. The van der Waals surface area contributed by atoms with Gasteiger partial charge in [0.2, 0.25) is 0 Å². The van der Waals surface area contributed by atoms with Crippen LogP contribution in [0.3, 0.4) is 0 Å². The Morgan fingerprint density at radius 3 is 2.67 bits per heavy atom. The largest absolute Gasteiger partial charge is 0.452 e. The summed E-state index contributed by atoms with van der Waals surface area (Å²) in [5.41, 5.74) is 0.512. The number of anilines is 1. The zero-order valence-corrected chi connectivity index (χ0v) is 10.7. The summed E-state index contributed by atoms with van der Waals surface area (Å²) in [6.45, 7) is 1.55. The maximum Gasteiger partial charge on any atom is 0.309 e. The van der Waals surface area contributed by atoms with E-state index in [0.717, 1.165) is 12.8 Å². The number of ether oxygens (including phenoxy) is 1. The number of esters is 1. The van der Waals surface area contributed by atoms with E-state index < -0.39 is 6.10 Å². The van der Waals surface area contributed by atoms with Gasteiger partial charge in [-0.1, -0.05) is 23.7 Å². The van der Waals surface area contributed by atoms with Crippen LogP contribution in [0.2, 0.25) is 5.02 Å². The minimum atomic E-state index is -0.811. The average Bonchev–Trinajstić information content (AvgIpc) is 3.15. The van der Waals surface area contributed by atoms with E-state index >= 15 is 0 Å². The van der Waals surface area contributed by atoms with Gasteiger partial charge in [0.15, 0.2) is 6.10 Å². The number of halogens is 1. The van der Waals surface area contributed by atoms with Crippen LogP contribution in [0, 0.1) is 5.92 Å². The van der Waals surface area contributed by atoms with Crippen LogP contribution in [0.4, 0.5) is 5.69 Å². The summed E-state index contributed by atoms with van der Waals surface area (Å²) < 4.78 is 5.05. The van der Waals surface area contributed by atoms with Gasteiger partial charge in [-0.25, -0.2) is 0 Å². The zero-order chi connectivity index (χ0) is 13.1. The molecular formula is C13H14ClNO3. The lowest BCUT2D eigenvalue weighted by Crippen LogP contribution is -2.30. The monoisotopic (exact) mass is 267 g/mol. The fourth-order valence-corrected chi connectivity index (χ4v) is 1.62. The lowest BCUT2D eigenvalue weighted by molar-refractivity contribution is -0.154. The quantitative estimate of drug-likeness (QED) is 0.853. The second-order valence-electron chi connectivity index (χ2n) is 4.32. The fourth-order valence-electron chi connectivity index (χ4n) is 1.44. The molecule has 18 heavy (non-hydrogen) atoms. The van der Waals surface area contributed by atoms with Crippen molar-refractivity contribution in [1.29, 1.82) is 0 Å². The third kappa shape index (κ3) is 3.23. The van der Waals surface area contributed by atoms with Gasteiger partial charge in [-0.15, -0.1) is 0 Å². The van der Waals surface area contributed by atoms with Crippen molar-refractivity contribution in [3.05, 3.63) is 29.3 Å². The number of carbonyl (C=O) groups is 2. The van der Waals surface area contributed by atoms with Crippen LogP contribution < -0.4 is 5.32 Å². The van der Waals surface area contributed by atoms with Crippen LogP contribution in [0.25, 0.3) is 0 Å². The van der Waals surface area contributed by atoms with Gasteiger partial charge in [-0.05, 0) is 31.9 Å². The Morgan fingerprint density at radius 2 is 2.06 bits per heavy atom. The maximum atomic E-state index is 11.8. The molecule has 2 rings (SSSR count). The van der Waals surface area contributed by atoms with Crippen molar-refractivity contribution < 1.29 is 14.3 Å². The fraction of sp³-hybridized carbons (Fsp3) is 0.385. The van der Waals surface area contributed by atoms with Crippen LogP contribution in [0.5, 0.6) is 0 Å². The normalized spacial score (nSPS) is 15.9. The minimum Gasteiger partial charge on any atom is -0.452 e. The lowest BCUT2D eigenvalue weighted by Gasteiger charge is -2.13. The summed E-state index contributed by atoms with van der Waals surface area (Å²) in [5.74, 6) is -0.686. The molecule has 1 aliphatic rings. The van der Waals surface area contributed by atoms with Crippen molar-refractivity contribution in [2.75, 3.05) is 5.32 Å². The molecule has 5 heteroatoms. The van der Waals surface area contributed by atoms with E-state index in [0.29, 0.717) is 10.7 Å². The first-order chi connectivity index (χ1) is 8.58. The van der Waals surface area contributed by atoms with Gasteiger partial charge in [-0.3, -0.25) is 9.59 Å². The molecule has 1 saturated carbocycles. The summed E-state index contributed by atoms with van der Waals surface area (Å²) in [5, 5.41) is 3.08. The van der Waals surface area contributed by atoms with E-state index in [2.05, 4.69) is 5.32 Å². The molecule has 1 aliphatic carbocycles. The van der Waals surface area contributed by atoms with Gasteiger partial charge < -0.3 is 10.1 Å². The summed E-state index contributed by atoms with van der Waals surface area (Å²) in [4.78, 5) is 23.2. The highest BCUT2D eigenvalue weighted by Gasteiger charge is 2.33. The standard InChI is InChI=1S/C13H14ClNO3/c1-8(18-13(17)9-6-7-9)12(16)15-11-5-3-2-4-10(11)14/h2-5,8-9H,6-7H2,1H3,(H,15,16). The molecule has 1 aromatic carbocycles.